The van der Waals surface area contributed by atoms with E-state index in [1.165, 1.54) is 0 Å². The van der Waals surface area contributed by atoms with Gasteiger partial charge in [-0.1, -0.05) is 18.2 Å². The van der Waals surface area contributed by atoms with Crippen LogP contribution in [-0.4, -0.2) is 47.1 Å². The summed E-state index contributed by atoms with van der Waals surface area (Å²) >= 11 is 0. The number of aromatic amines is 1. The molecule has 2 N–H and O–H groups in total. The number of fused-ring (bicyclic) bond motifs is 1. The number of carbonyl (C=O) groups is 2. The zero-order chi connectivity index (χ0) is 20.4. The van der Waals surface area contributed by atoms with Crippen LogP contribution in [0.25, 0.3) is 10.9 Å². The van der Waals surface area contributed by atoms with Crippen LogP contribution in [0.5, 0.6) is 5.75 Å². The number of aromatic carboxylic acids is 1. The van der Waals surface area contributed by atoms with E-state index in [0.29, 0.717) is 30.3 Å². The van der Waals surface area contributed by atoms with Gasteiger partial charge in [-0.25, -0.2) is 4.79 Å². The number of aromatic nitrogens is 1. The van der Waals surface area contributed by atoms with Gasteiger partial charge in [0, 0.05) is 24.0 Å². The highest BCUT2D eigenvalue weighted by Gasteiger charge is 2.25. The topological polar surface area (TPSA) is 82.6 Å². The Morgan fingerprint density at radius 3 is 2.62 bits per heavy atom. The summed E-state index contributed by atoms with van der Waals surface area (Å²) in [6.45, 7) is 1.36. The Bertz CT molecular complexity index is 1050. The molecule has 1 fully saturated rings. The second-order valence-electron chi connectivity index (χ2n) is 7.54. The van der Waals surface area contributed by atoms with E-state index in [-0.39, 0.29) is 5.91 Å². The number of benzene rings is 2. The first-order valence-electron chi connectivity index (χ1n) is 9.82. The van der Waals surface area contributed by atoms with Gasteiger partial charge in [-0.15, -0.1) is 0 Å². The van der Waals surface area contributed by atoms with Gasteiger partial charge in [0.15, 0.2) is 0 Å². The molecule has 1 aliphatic rings. The number of nitrogens with zero attached hydrogens (tertiary/aromatic N) is 1. The van der Waals surface area contributed by atoms with Gasteiger partial charge in [-0.2, -0.15) is 0 Å². The number of rotatable bonds is 5. The average Bonchev–Trinajstić information content (AvgIpc) is 3.17. The number of nitrogens with one attached hydrogen (secondary N) is 1. The van der Waals surface area contributed by atoms with E-state index in [1.807, 2.05) is 41.3 Å². The van der Waals surface area contributed by atoms with Crippen LogP contribution in [0.2, 0.25) is 0 Å². The summed E-state index contributed by atoms with van der Waals surface area (Å²) in [4.78, 5) is 29.4. The fourth-order valence-corrected chi connectivity index (χ4v) is 4.08. The molecule has 6 heteroatoms. The third-order valence-electron chi connectivity index (χ3n) is 5.72. The molecule has 0 saturated carbocycles. The molecule has 0 spiro atoms. The lowest BCUT2D eigenvalue weighted by Gasteiger charge is -2.32. The molecule has 29 heavy (non-hydrogen) atoms. The molecule has 1 aromatic heterocycles. The molecular formula is C23H24N2O4. The molecule has 1 saturated heterocycles. The van der Waals surface area contributed by atoms with Crippen molar-refractivity contribution in [3.8, 4) is 5.75 Å². The summed E-state index contributed by atoms with van der Waals surface area (Å²) in [5, 5.41) is 10.3. The van der Waals surface area contributed by atoms with Crippen molar-refractivity contribution in [2.45, 2.75) is 19.3 Å². The largest absolute Gasteiger partial charge is 0.497 e. The third-order valence-corrected chi connectivity index (χ3v) is 5.72. The molecule has 0 radical (unpaired) electrons. The van der Waals surface area contributed by atoms with E-state index >= 15 is 0 Å². The van der Waals surface area contributed by atoms with Crippen LogP contribution in [0.3, 0.4) is 0 Å². The van der Waals surface area contributed by atoms with Gasteiger partial charge in [-0.05, 0) is 61.1 Å². The highest BCUT2D eigenvalue weighted by molar-refractivity contribution is 5.98. The molecular weight excluding hydrogens is 368 g/mol. The quantitative estimate of drug-likeness (QED) is 0.688. The Balaban J connectivity index is 1.41. The Kier molecular flexibility index (Phi) is 5.25. The molecule has 0 unspecified atom stereocenters. The highest BCUT2D eigenvalue weighted by Crippen LogP contribution is 2.26. The van der Waals surface area contributed by atoms with Gasteiger partial charge in [-0.3, -0.25) is 4.79 Å². The summed E-state index contributed by atoms with van der Waals surface area (Å²) in [5.41, 5.74) is 2.74. The van der Waals surface area contributed by atoms with Crippen molar-refractivity contribution < 1.29 is 19.4 Å². The number of ether oxygens (including phenoxy) is 1. The number of amides is 1. The Labute approximate surface area is 169 Å². The van der Waals surface area contributed by atoms with Crippen LogP contribution in [0.4, 0.5) is 0 Å². The van der Waals surface area contributed by atoms with Crippen LogP contribution in [0, 0.1) is 5.92 Å². The van der Waals surface area contributed by atoms with Crippen molar-refractivity contribution in [3.63, 3.8) is 0 Å². The number of carboxylic acid groups (broad SMARTS) is 1. The first-order valence-corrected chi connectivity index (χ1v) is 9.82. The normalized spacial score (nSPS) is 14.9. The molecule has 0 atom stereocenters. The van der Waals surface area contributed by atoms with Crippen molar-refractivity contribution in [3.05, 3.63) is 65.4 Å². The molecule has 2 heterocycles. The lowest BCUT2D eigenvalue weighted by atomic mass is 9.88. The lowest BCUT2D eigenvalue weighted by Crippen LogP contribution is -2.39. The van der Waals surface area contributed by atoms with E-state index in [0.717, 1.165) is 41.5 Å². The van der Waals surface area contributed by atoms with Crippen molar-refractivity contribution in [1.82, 2.24) is 9.88 Å². The molecule has 150 valence electrons. The maximum absolute atomic E-state index is 12.9. The summed E-state index contributed by atoms with van der Waals surface area (Å²) in [7, 11) is 1.62. The number of H-pyrrole nitrogens is 1. The first-order chi connectivity index (χ1) is 14.0. The van der Waals surface area contributed by atoms with E-state index in [9.17, 15) is 14.7 Å². The maximum Gasteiger partial charge on any atom is 0.335 e. The van der Waals surface area contributed by atoms with Gasteiger partial charge in [0.05, 0.1) is 12.7 Å². The third kappa shape index (κ3) is 3.97. The zero-order valence-corrected chi connectivity index (χ0v) is 16.4. The zero-order valence-electron chi connectivity index (χ0n) is 16.4. The molecule has 2 aromatic carbocycles. The standard InChI is InChI=1S/C23H24N2O4/c1-29-18-6-7-20-17(13-18)14-21(24-20)22(26)25-10-8-15(9-11-25)12-16-4-2-3-5-19(16)23(27)28/h2-7,13-15,24H,8-12H2,1H3,(H,27,28). The summed E-state index contributed by atoms with van der Waals surface area (Å²) in [6.07, 6.45) is 2.47. The average molecular weight is 392 g/mol. The van der Waals surface area contributed by atoms with E-state index in [2.05, 4.69) is 4.98 Å². The summed E-state index contributed by atoms with van der Waals surface area (Å²) in [6, 6.07) is 14.7. The molecule has 0 bridgehead atoms. The van der Waals surface area contributed by atoms with Crippen molar-refractivity contribution in [1.29, 1.82) is 0 Å². The number of hydrogen-bond donors (Lipinski definition) is 2. The minimum absolute atomic E-state index is 0.00422. The number of piperidine rings is 1. The molecule has 4 rings (SSSR count). The fourth-order valence-electron chi connectivity index (χ4n) is 4.08. The molecule has 0 aliphatic carbocycles. The van der Waals surface area contributed by atoms with Crippen molar-refractivity contribution in [2.24, 2.45) is 5.92 Å². The van der Waals surface area contributed by atoms with Crippen molar-refractivity contribution >= 4 is 22.8 Å². The summed E-state index contributed by atoms with van der Waals surface area (Å²) < 4.78 is 5.25. The van der Waals surface area contributed by atoms with Gasteiger partial charge in [0.25, 0.3) is 5.91 Å². The second kappa shape index (κ2) is 7.99. The highest BCUT2D eigenvalue weighted by atomic mass is 16.5. The maximum atomic E-state index is 12.9. The number of hydrogen-bond acceptors (Lipinski definition) is 3. The molecule has 1 amide bonds. The fraction of sp³-hybridized carbons (Fsp3) is 0.304. The minimum atomic E-state index is -0.886. The monoisotopic (exact) mass is 392 g/mol. The Morgan fingerprint density at radius 2 is 1.90 bits per heavy atom. The molecule has 3 aromatic rings. The van der Waals surface area contributed by atoms with Gasteiger partial charge in [0.2, 0.25) is 0 Å². The number of likely N-dealkylation sites (tertiary alicyclic amines) is 1. The van der Waals surface area contributed by atoms with Crippen LogP contribution in [0.1, 0.15) is 39.3 Å². The SMILES string of the molecule is COc1ccc2[nH]c(C(=O)N3CCC(Cc4ccccc4C(=O)O)CC3)cc2c1. The Hall–Kier alpha value is -3.28. The minimum Gasteiger partial charge on any atom is -0.497 e. The molecule has 6 nitrogen and oxygen atoms in total. The van der Waals surface area contributed by atoms with E-state index in [4.69, 9.17) is 4.74 Å². The number of methoxy groups -OCH3 is 1. The smallest absolute Gasteiger partial charge is 0.335 e. The van der Waals surface area contributed by atoms with Crippen LogP contribution in [-0.2, 0) is 6.42 Å². The van der Waals surface area contributed by atoms with E-state index < -0.39 is 5.97 Å². The molecule has 1 aliphatic heterocycles. The van der Waals surface area contributed by atoms with Crippen LogP contribution >= 0.6 is 0 Å². The number of carboxylic acids is 1. The summed E-state index contributed by atoms with van der Waals surface area (Å²) in [5.74, 6) is 0.262. The van der Waals surface area contributed by atoms with E-state index in [1.54, 1.807) is 19.2 Å². The second-order valence-corrected chi connectivity index (χ2v) is 7.54. The van der Waals surface area contributed by atoms with Crippen LogP contribution in [0.15, 0.2) is 48.5 Å². The van der Waals surface area contributed by atoms with Gasteiger partial charge in [0.1, 0.15) is 11.4 Å². The van der Waals surface area contributed by atoms with Gasteiger partial charge >= 0.3 is 5.97 Å². The van der Waals surface area contributed by atoms with Crippen LogP contribution < -0.4 is 4.74 Å². The van der Waals surface area contributed by atoms with Crippen molar-refractivity contribution in [2.75, 3.05) is 20.2 Å². The van der Waals surface area contributed by atoms with Gasteiger partial charge < -0.3 is 19.7 Å². The lowest BCUT2D eigenvalue weighted by molar-refractivity contribution is 0.0685. The Morgan fingerprint density at radius 1 is 1.14 bits per heavy atom. The predicted molar refractivity (Wildman–Crippen MR) is 111 cm³/mol. The first kappa shape index (κ1) is 19.1. The predicted octanol–water partition coefficient (Wildman–Crippen LogP) is 3.97. The number of carbonyl (C=O) groups excluding carboxylic acids is 1.